The zero-order valence-corrected chi connectivity index (χ0v) is 12.9. The molecule has 0 amide bonds. The molecule has 0 aliphatic heterocycles. The van der Waals surface area contributed by atoms with Crippen molar-refractivity contribution < 1.29 is 13.4 Å². The van der Waals surface area contributed by atoms with Gasteiger partial charge in [0.2, 0.25) is 0 Å². The number of sulfone groups is 1. The van der Waals surface area contributed by atoms with Crippen molar-refractivity contribution in [2.45, 2.75) is 31.5 Å². The maximum absolute atomic E-state index is 12.2. The molecule has 0 aliphatic carbocycles. The minimum atomic E-state index is -3.32. The van der Waals surface area contributed by atoms with E-state index in [9.17, 15) is 13.4 Å². The predicted octanol–water partition coefficient (Wildman–Crippen LogP) is 0.756. The highest BCUT2D eigenvalue weighted by atomic mass is 32.2. The van der Waals surface area contributed by atoms with E-state index in [2.05, 4.69) is 10.3 Å². The Morgan fingerprint density at radius 3 is 2.57 bits per heavy atom. The number of benzene rings is 1. The normalized spacial score (nSPS) is 11.6. The second-order valence-corrected chi connectivity index (χ2v) is 7.27. The lowest BCUT2D eigenvalue weighted by Gasteiger charge is -2.03. The van der Waals surface area contributed by atoms with Gasteiger partial charge >= 0.3 is 6.92 Å². The monoisotopic (exact) mass is 307 g/mol. The molecule has 0 spiro atoms. The summed E-state index contributed by atoms with van der Waals surface area (Å²) in [4.78, 5) is 0.324. The van der Waals surface area contributed by atoms with Crippen molar-refractivity contribution in [1.29, 1.82) is 0 Å². The van der Waals surface area contributed by atoms with Gasteiger partial charge in [-0.1, -0.05) is 29.7 Å². The average molecular weight is 307 g/mol. The minimum Gasteiger partial charge on any atom is -0.449 e. The van der Waals surface area contributed by atoms with Crippen molar-refractivity contribution in [2.75, 3.05) is 5.75 Å². The number of hydrogen-bond donors (Lipinski definition) is 1. The third kappa shape index (κ3) is 4.40. The molecule has 2 rings (SSSR count). The third-order valence-corrected chi connectivity index (χ3v) is 4.78. The molecule has 1 heterocycles. The molecule has 6 nitrogen and oxygen atoms in total. The Hall–Kier alpha value is -1.67. The Morgan fingerprint density at radius 1 is 1.29 bits per heavy atom. The minimum absolute atomic E-state index is 0.0105. The van der Waals surface area contributed by atoms with Crippen LogP contribution in [0, 0.1) is 6.92 Å². The summed E-state index contributed by atoms with van der Waals surface area (Å²) < 4.78 is 25.9. The first-order valence-electron chi connectivity index (χ1n) is 6.73. The summed E-state index contributed by atoms with van der Waals surface area (Å²) in [6.45, 7) is 3.05. The van der Waals surface area contributed by atoms with Crippen LogP contribution in [0.4, 0.5) is 0 Å². The summed E-state index contributed by atoms with van der Waals surface area (Å²) in [5.74, 6) is -0.0105. The molecule has 2 aromatic rings. The molecule has 8 heteroatoms. The maximum Gasteiger partial charge on any atom is 0.308 e. The molecular weight excluding hydrogens is 289 g/mol. The SMILES string of the molecule is CB(O)Cn1cc(CCS(=O)(=O)c2ccc(C)cc2)nn1. The van der Waals surface area contributed by atoms with E-state index in [4.69, 9.17) is 0 Å². The largest absolute Gasteiger partial charge is 0.449 e. The second-order valence-electron chi connectivity index (χ2n) is 5.16. The van der Waals surface area contributed by atoms with Gasteiger partial charge in [0.05, 0.1) is 16.3 Å². The van der Waals surface area contributed by atoms with Gasteiger partial charge in [0.25, 0.3) is 0 Å². The number of aryl methyl sites for hydroxylation is 2. The summed E-state index contributed by atoms with van der Waals surface area (Å²) >= 11 is 0. The van der Waals surface area contributed by atoms with Crippen LogP contribution < -0.4 is 0 Å². The van der Waals surface area contributed by atoms with E-state index in [0.717, 1.165) is 5.56 Å². The number of rotatable bonds is 6. The molecule has 1 aromatic heterocycles. The maximum atomic E-state index is 12.2. The molecule has 0 saturated carbocycles. The van der Waals surface area contributed by atoms with Crippen LogP contribution in [0.3, 0.4) is 0 Å². The first kappa shape index (κ1) is 15.7. The van der Waals surface area contributed by atoms with Gasteiger partial charge in [-0.2, -0.15) is 0 Å². The van der Waals surface area contributed by atoms with Gasteiger partial charge in [0, 0.05) is 19.1 Å². The van der Waals surface area contributed by atoms with Gasteiger partial charge in [-0.15, -0.1) is 5.10 Å². The van der Waals surface area contributed by atoms with Crippen LogP contribution in [0.2, 0.25) is 6.82 Å². The molecule has 0 bridgehead atoms. The summed E-state index contributed by atoms with van der Waals surface area (Å²) in [5, 5.41) is 17.0. The van der Waals surface area contributed by atoms with E-state index < -0.39 is 16.8 Å². The molecule has 0 unspecified atom stereocenters. The smallest absolute Gasteiger partial charge is 0.308 e. The molecule has 112 valence electrons. The molecule has 0 radical (unpaired) electrons. The van der Waals surface area contributed by atoms with E-state index in [1.54, 1.807) is 37.3 Å². The first-order chi connectivity index (χ1) is 9.87. The highest BCUT2D eigenvalue weighted by molar-refractivity contribution is 7.91. The lowest BCUT2D eigenvalue weighted by atomic mass is 9.72. The van der Waals surface area contributed by atoms with Crippen molar-refractivity contribution in [1.82, 2.24) is 15.0 Å². The van der Waals surface area contributed by atoms with Gasteiger partial charge in [-0.25, -0.2) is 8.42 Å². The van der Waals surface area contributed by atoms with Crippen molar-refractivity contribution in [3.05, 3.63) is 41.7 Å². The van der Waals surface area contributed by atoms with E-state index in [1.165, 1.54) is 4.68 Å². The lowest BCUT2D eigenvalue weighted by Crippen LogP contribution is -2.17. The second kappa shape index (κ2) is 6.40. The molecule has 21 heavy (non-hydrogen) atoms. The van der Waals surface area contributed by atoms with Gasteiger partial charge in [0.1, 0.15) is 0 Å². The highest BCUT2D eigenvalue weighted by Crippen LogP contribution is 2.13. The van der Waals surface area contributed by atoms with E-state index in [1.807, 2.05) is 6.92 Å². The highest BCUT2D eigenvalue weighted by Gasteiger charge is 2.15. The van der Waals surface area contributed by atoms with Crippen molar-refractivity contribution in [3.8, 4) is 0 Å². The Labute approximate surface area is 124 Å². The van der Waals surface area contributed by atoms with E-state index >= 15 is 0 Å². The van der Waals surface area contributed by atoms with Crippen molar-refractivity contribution >= 4 is 16.8 Å². The Balaban J connectivity index is 2.01. The molecule has 1 aromatic carbocycles. The van der Waals surface area contributed by atoms with Crippen LogP contribution in [-0.2, 0) is 22.7 Å². The number of aromatic nitrogens is 3. The van der Waals surface area contributed by atoms with Gasteiger partial charge < -0.3 is 5.02 Å². The fraction of sp³-hybridized carbons (Fsp3) is 0.385. The lowest BCUT2D eigenvalue weighted by molar-refractivity contribution is 0.542. The van der Waals surface area contributed by atoms with Crippen LogP contribution in [0.1, 0.15) is 11.3 Å². The first-order valence-corrected chi connectivity index (χ1v) is 8.38. The molecule has 0 aliphatic rings. The Morgan fingerprint density at radius 2 is 1.95 bits per heavy atom. The number of hydrogen-bond acceptors (Lipinski definition) is 5. The van der Waals surface area contributed by atoms with E-state index in [0.29, 0.717) is 23.5 Å². The van der Waals surface area contributed by atoms with Crippen molar-refractivity contribution in [2.24, 2.45) is 0 Å². The Bertz CT molecular complexity index is 696. The predicted molar refractivity (Wildman–Crippen MR) is 80.8 cm³/mol. The summed E-state index contributed by atoms with van der Waals surface area (Å²) in [7, 11) is -3.32. The third-order valence-electron chi connectivity index (χ3n) is 3.04. The molecular formula is C13H18BN3O3S. The fourth-order valence-electron chi connectivity index (χ4n) is 1.92. The Kier molecular flexibility index (Phi) is 4.79. The molecule has 0 saturated heterocycles. The topological polar surface area (TPSA) is 85.1 Å². The molecule has 1 N–H and O–H groups in total. The zero-order chi connectivity index (χ0) is 15.5. The van der Waals surface area contributed by atoms with Crippen LogP contribution in [0.25, 0.3) is 0 Å². The van der Waals surface area contributed by atoms with Crippen LogP contribution in [0.5, 0.6) is 0 Å². The van der Waals surface area contributed by atoms with Crippen LogP contribution in [0.15, 0.2) is 35.4 Å². The number of nitrogens with zero attached hydrogens (tertiary/aromatic N) is 3. The van der Waals surface area contributed by atoms with Gasteiger partial charge in [0.15, 0.2) is 9.84 Å². The summed E-state index contributed by atoms with van der Waals surface area (Å²) in [6.07, 6.45) is 2.31. The van der Waals surface area contributed by atoms with Crippen molar-refractivity contribution in [3.63, 3.8) is 0 Å². The van der Waals surface area contributed by atoms with Crippen LogP contribution >= 0.6 is 0 Å². The molecule has 0 fully saturated rings. The summed E-state index contributed by atoms with van der Waals surface area (Å²) in [6, 6.07) is 6.81. The van der Waals surface area contributed by atoms with Crippen LogP contribution in [-0.4, -0.2) is 41.1 Å². The summed E-state index contributed by atoms with van der Waals surface area (Å²) in [5.41, 5.74) is 1.63. The fourth-order valence-corrected chi connectivity index (χ4v) is 3.18. The van der Waals surface area contributed by atoms with Gasteiger partial charge in [-0.3, -0.25) is 4.68 Å². The quantitative estimate of drug-likeness (QED) is 0.796. The van der Waals surface area contributed by atoms with E-state index in [-0.39, 0.29) is 5.75 Å². The standard InChI is InChI=1S/C13H18BN3O3S/c1-11-3-5-13(6-4-11)21(19,20)8-7-12-9-17(16-15-12)10-14(2)18/h3-6,9,18H,7-8,10H2,1-2H3. The average Bonchev–Trinajstić information content (AvgIpc) is 2.84. The zero-order valence-electron chi connectivity index (χ0n) is 12.1. The van der Waals surface area contributed by atoms with Gasteiger partial charge in [-0.05, 0) is 19.1 Å². The molecule has 0 atom stereocenters.